The fourth-order valence-corrected chi connectivity index (χ4v) is 1.90. The van der Waals surface area contributed by atoms with Crippen molar-refractivity contribution < 1.29 is 14.3 Å². The first kappa shape index (κ1) is 19.6. The fourth-order valence-electron chi connectivity index (χ4n) is 1.79. The van der Waals surface area contributed by atoms with E-state index in [-0.39, 0.29) is 17.4 Å². The Kier molecular flexibility index (Phi) is 7.19. The van der Waals surface area contributed by atoms with Crippen LogP contribution in [0, 0.1) is 0 Å². The van der Waals surface area contributed by atoms with Crippen molar-refractivity contribution in [2.75, 3.05) is 6.61 Å². The standard InChI is InChI=1S/C12H15ClN2O.C5H10O2/c1-12(2)15-10(8-16-12)5-3-9-4-6-11(13)14-7-9;1-5(2,3)7-4-6/h3-7,10,15H,8H2,1-2H3;4H,1-3H3/b5-3+;. The van der Waals surface area contributed by atoms with Crippen molar-refractivity contribution in [1.29, 1.82) is 0 Å². The maximum Gasteiger partial charge on any atom is 0.293 e. The molecule has 2 rings (SSSR count). The minimum absolute atomic E-state index is 0.229. The normalized spacial score (nSPS) is 20.0. The maximum absolute atomic E-state index is 9.60. The van der Waals surface area contributed by atoms with Gasteiger partial charge in [-0.3, -0.25) is 10.1 Å². The lowest BCUT2D eigenvalue weighted by atomic mass is 10.2. The Morgan fingerprint density at radius 1 is 1.43 bits per heavy atom. The van der Waals surface area contributed by atoms with Crippen molar-refractivity contribution in [3.8, 4) is 0 Å². The van der Waals surface area contributed by atoms with Gasteiger partial charge in [-0.2, -0.15) is 0 Å². The molecule has 0 spiro atoms. The third-order valence-corrected chi connectivity index (χ3v) is 3.05. The predicted octanol–water partition coefficient (Wildman–Crippen LogP) is 3.43. The van der Waals surface area contributed by atoms with E-state index in [1.54, 1.807) is 12.3 Å². The second kappa shape index (κ2) is 8.43. The number of carbonyl (C=O) groups excluding carboxylic acids is 1. The van der Waals surface area contributed by atoms with Crippen LogP contribution < -0.4 is 5.32 Å². The van der Waals surface area contributed by atoms with E-state index in [0.29, 0.717) is 18.2 Å². The number of carbonyl (C=O) groups is 1. The Bertz CT molecular complexity index is 522. The Labute approximate surface area is 143 Å². The number of hydrogen-bond acceptors (Lipinski definition) is 5. The molecule has 1 fully saturated rings. The predicted molar refractivity (Wildman–Crippen MR) is 92.1 cm³/mol. The van der Waals surface area contributed by atoms with E-state index >= 15 is 0 Å². The van der Waals surface area contributed by atoms with E-state index in [1.807, 2.05) is 46.8 Å². The molecule has 1 saturated heterocycles. The second-order valence-electron chi connectivity index (χ2n) is 6.67. The average Bonchev–Trinajstić information content (AvgIpc) is 2.77. The highest BCUT2D eigenvalue weighted by molar-refractivity contribution is 6.29. The summed E-state index contributed by atoms with van der Waals surface area (Å²) in [4.78, 5) is 13.6. The molecule has 0 aliphatic carbocycles. The van der Waals surface area contributed by atoms with Gasteiger partial charge in [0, 0.05) is 6.20 Å². The first-order valence-electron chi connectivity index (χ1n) is 7.44. The van der Waals surface area contributed by atoms with Crippen molar-refractivity contribution in [3.05, 3.63) is 35.1 Å². The lowest BCUT2D eigenvalue weighted by Gasteiger charge is -2.16. The quantitative estimate of drug-likeness (QED) is 0.674. The molecule has 1 N–H and O–H groups in total. The van der Waals surface area contributed by atoms with Gasteiger partial charge in [-0.25, -0.2) is 4.98 Å². The highest BCUT2D eigenvalue weighted by atomic mass is 35.5. The molecule has 128 valence electrons. The van der Waals surface area contributed by atoms with Gasteiger partial charge in [-0.15, -0.1) is 0 Å². The highest BCUT2D eigenvalue weighted by Gasteiger charge is 2.28. The van der Waals surface area contributed by atoms with E-state index in [9.17, 15) is 4.79 Å². The lowest BCUT2D eigenvalue weighted by Crippen LogP contribution is -2.37. The van der Waals surface area contributed by atoms with Crippen LogP contribution in [0.2, 0.25) is 5.15 Å². The molecular formula is C17H25ClN2O3. The van der Waals surface area contributed by atoms with Gasteiger partial charge in [0.1, 0.15) is 16.5 Å². The Morgan fingerprint density at radius 3 is 2.52 bits per heavy atom. The number of aromatic nitrogens is 1. The van der Waals surface area contributed by atoms with Crippen LogP contribution >= 0.6 is 11.6 Å². The van der Waals surface area contributed by atoms with Crippen LogP contribution in [-0.2, 0) is 14.3 Å². The largest absolute Gasteiger partial charge is 0.462 e. The van der Waals surface area contributed by atoms with Gasteiger partial charge >= 0.3 is 0 Å². The fraction of sp³-hybridized carbons (Fsp3) is 0.529. The van der Waals surface area contributed by atoms with E-state index < -0.39 is 0 Å². The highest BCUT2D eigenvalue weighted by Crippen LogP contribution is 2.16. The summed E-state index contributed by atoms with van der Waals surface area (Å²) in [5.41, 5.74) is 0.491. The van der Waals surface area contributed by atoms with E-state index in [0.717, 1.165) is 5.56 Å². The van der Waals surface area contributed by atoms with Crippen LogP contribution in [0.5, 0.6) is 0 Å². The average molecular weight is 341 g/mol. The van der Waals surface area contributed by atoms with Crippen LogP contribution in [0.1, 0.15) is 40.2 Å². The van der Waals surface area contributed by atoms with Crippen LogP contribution in [0.15, 0.2) is 24.4 Å². The summed E-state index contributed by atoms with van der Waals surface area (Å²) < 4.78 is 10.1. The lowest BCUT2D eigenvalue weighted by molar-refractivity contribution is -0.138. The molecular weight excluding hydrogens is 316 g/mol. The molecule has 1 unspecified atom stereocenters. The molecule has 0 bridgehead atoms. The van der Waals surface area contributed by atoms with Gasteiger partial charge in [-0.05, 0) is 46.2 Å². The van der Waals surface area contributed by atoms with Crippen LogP contribution in [0.3, 0.4) is 0 Å². The molecule has 0 saturated carbocycles. The number of rotatable bonds is 3. The van der Waals surface area contributed by atoms with Crippen molar-refractivity contribution >= 4 is 24.1 Å². The number of hydrogen-bond donors (Lipinski definition) is 1. The molecule has 1 aliphatic heterocycles. The van der Waals surface area contributed by atoms with Crippen LogP contribution in [0.4, 0.5) is 0 Å². The van der Waals surface area contributed by atoms with E-state index in [2.05, 4.69) is 21.1 Å². The minimum atomic E-state index is -0.318. The number of nitrogens with one attached hydrogen (secondary N) is 1. The molecule has 1 atom stereocenters. The monoisotopic (exact) mass is 340 g/mol. The van der Waals surface area contributed by atoms with E-state index in [4.69, 9.17) is 16.3 Å². The zero-order valence-corrected chi connectivity index (χ0v) is 15.1. The Balaban J connectivity index is 0.000000322. The first-order chi connectivity index (χ1) is 10.6. The van der Waals surface area contributed by atoms with Gasteiger partial charge < -0.3 is 9.47 Å². The van der Waals surface area contributed by atoms with Gasteiger partial charge in [-0.1, -0.05) is 29.8 Å². The molecule has 0 aromatic carbocycles. The number of pyridine rings is 1. The summed E-state index contributed by atoms with van der Waals surface area (Å²) in [6.45, 7) is 10.7. The molecule has 1 aliphatic rings. The van der Waals surface area contributed by atoms with E-state index in [1.165, 1.54) is 0 Å². The van der Waals surface area contributed by atoms with Crippen LogP contribution in [0.25, 0.3) is 6.08 Å². The minimum Gasteiger partial charge on any atom is -0.462 e. The number of halogens is 1. The van der Waals surface area contributed by atoms with Crippen LogP contribution in [-0.4, -0.2) is 35.4 Å². The van der Waals surface area contributed by atoms with Gasteiger partial charge in [0.15, 0.2) is 0 Å². The smallest absolute Gasteiger partial charge is 0.293 e. The maximum atomic E-state index is 9.60. The SMILES string of the molecule is CC(C)(C)OC=O.CC1(C)NC(/C=C/c2ccc(Cl)nc2)CO1. The summed E-state index contributed by atoms with van der Waals surface area (Å²) in [5.74, 6) is 0. The molecule has 2 heterocycles. The van der Waals surface area contributed by atoms with Gasteiger partial charge in [0.2, 0.25) is 0 Å². The number of nitrogens with zero attached hydrogens (tertiary/aromatic N) is 1. The summed E-state index contributed by atoms with van der Waals surface area (Å²) in [5, 5.41) is 3.87. The van der Waals surface area contributed by atoms with Crippen molar-refractivity contribution in [2.24, 2.45) is 0 Å². The van der Waals surface area contributed by atoms with Crippen molar-refractivity contribution in [3.63, 3.8) is 0 Å². The summed E-state index contributed by atoms with van der Waals surface area (Å²) in [7, 11) is 0. The van der Waals surface area contributed by atoms with Gasteiger partial charge in [0.05, 0.1) is 12.6 Å². The van der Waals surface area contributed by atoms with Crippen molar-refractivity contribution in [2.45, 2.75) is 52.0 Å². The third-order valence-electron chi connectivity index (χ3n) is 2.83. The summed E-state index contributed by atoms with van der Waals surface area (Å²) >= 11 is 5.71. The summed E-state index contributed by atoms with van der Waals surface area (Å²) in [6.07, 6.45) is 5.85. The molecule has 0 amide bonds. The Hall–Kier alpha value is -1.43. The zero-order chi connectivity index (χ0) is 17.5. The molecule has 0 radical (unpaired) electrons. The molecule has 5 nitrogen and oxygen atoms in total. The number of ether oxygens (including phenoxy) is 2. The van der Waals surface area contributed by atoms with Gasteiger partial charge in [0.25, 0.3) is 6.47 Å². The van der Waals surface area contributed by atoms with Crippen molar-refractivity contribution in [1.82, 2.24) is 10.3 Å². The second-order valence-corrected chi connectivity index (χ2v) is 7.06. The molecule has 1 aromatic rings. The summed E-state index contributed by atoms with van der Waals surface area (Å²) in [6, 6.07) is 3.97. The Morgan fingerprint density at radius 2 is 2.13 bits per heavy atom. The zero-order valence-electron chi connectivity index (χ0n) is 14.3. The third kappa shape index (κ3) is 8.69. The molecule has 1 aromatic heterocycles. The molecule has 23 heavy (non-hydrogen) atoms. The topological polar surface area (TPSA) is 60.5 Å². The molecule has 6 heteroatoms. The first-order valence-corrected chi connectivity index (χ1v) is 7.82.